The first-order chi connectivity index (χ1) is 19.6. The second kappa shape index (κ2) is 16.7. The lowest BCUT2D eigenvalue weighted by Crippen LogP contribution is -2.66. The average molecular weight is 822 g/mol. The third-order valence-electron chi connectivity index (χ3n) is 7.30. The van der Waals surface area contributed by atoms with E-state index in [2.05, 4.69) is 63.7 Å². The van der Waals surface area contributed by atoms with E-state index in [1.165, 1.54) is 9.80 Å². The van der Waals surface area contributed by atoms with Crippen LogP contribution < -0.4 is 11.5 Å². The monoisotopic (exact) mass is 818 g/mol. The molecule has 11 heteroatoms. The summed E-state index contributed by atoms with van der Waals surface area (Å²) in [5.41, 5.74) is 11.5. The van der Waals surface area contributed by atoms with Crippen molar-refractivity contribution in [1.82, 2.24) is 9.80 Å². The Bertz CT molecular complexity index is 1090. The molecule has 1 saturated heterocycles. The molecular weight excluding hydrogens is 784 g/mol. The van der Waals surface area contributed by atoms with Crippen LogP contribution in [0.4, 0.5) is 4.79 Å². The van der Waals surface area contributed by atoms with Gasteiger partial charge in [0.2, 0.25) is 11.8 Å². The summed E-state index contributed by atoms with van der Waals surface area (Å²) in [7, 11) is 0. The van der Waals surface area contributed by atoms with E-state index < -0.39 is 23.3 Å². The van der Waals surface area contributed by atoms with E-state index in [1.54, 1.807) is 0 Å². The van der Waals surface area contributed by atoms with Crippen molar-refractivity contribution in [3.63, 3.8) is 0 Å². The number of imide groups is 2. The summed E-state index contributed by atoms with van der Waals surface area (Å²) in [5.74, 6) is -0.865. The van der Waals surface area contributed by atoms with Crippen LogP contribution in [0.25, 0.3) is 0 Å². The maximum Gasteiger partial charge on any atom is 0.333 e. The van der Waals surface area contributed by atoms with Gasteiger partial charge < -0.3 is 11.5 Å². The summed E-state index contributed by atoms with van der Waals surface area (Å²) < 4.78 is 3.34. The van der Waals surface area contributed by atoms with Gasteiger partial charge in [-0.1, -0.05) is 89.4 Å². The number of hydrogen-bond acceptors (Lipinski definition) is 5. The molecule has 0 aromatic heterocycles. The second-order valence-corrected chi connectivity index (χ2v) is 14.3. The molecule has 2 aromatic carbocycles. The van der Waals surface area contributed by atoms with Gasteiger partial charge in [0, 0.05) is 31.0 Å². The minimum absolute atomic E-state index is 0.160. The fraction of sp³-hybridized carbons (Fsp3) is 0.500. The van der Waals surface area contributed by atoms with Crippen LogP contribution in [0.3, 0.4) is 0 Å². The number of nitrogens with zero attached hydrogens (tertiary/aromatic N) is 2. The molecule has 0 radical (unpaired) electrons. The molecule has 0 spiro atoms. The van der Waals surface area contributed by atoms with Crippen molar-refractivity contribution in [3.05, 3.63) is 65.4 Å². The Balaban J connectivity index is 2.06. The first-order valence-corrected chi connectivity index (χ1v) is 17.3. The predicted octanol–water partition coefficient (Wildman–Crippen LogP) is 7.34. The molecule has 0 unspecified atom stereocenters. The molecule has 1 heterocycles. The summed E-state index contributed by atoms with van der Waals surface area (Å²) in [5, 5.41) is 0. The quantitative estimate of drug-likeness (QED) is 0.136. The average Bonchev–Trinajstić information content (AvgIpc) is 2.89. The number of urea groups is 1. The number of rotatable bonds is 16. The van der Waals surface area contributed by atoms with Crippen molar-refractivity contribution in [2.24, 2.45) is 16.9 Å². The van der Waals surface area contributed by atoms with Gasteiger partial charge in [0.25, 0.3) is 0 Å². The van der Waals surface area contributed by atoms with Crippen molar-refractivity contribution >= 4 is 81.6 Å². The van der Waals surface area contributed by atoms with E-state index in [0.717, 1.165) is 67.5 Å². The van der Waals surface area contributed by atoms with Gasteiger partial charge in [0.1, 0.15) is 5.41 Å². The van der Waals surface area contributed by atoms with E-state index in [0.29, 0.717) is 25.9 Å². The maximum absolute atomic E-state index is 14.5. The highest BCUT2D eigenvalue weighted by atomic mass is 79.9. The minimum atomic E-state index is -1.48. The fourth-order valence-corrected chi connectivity index (χ4v) is 8.12. The summed E-state index contributed by atoms with van der Waals surface area (Å²) in [4.78, 5) is 45.3. The molecule has 1 aliphatic rings. The van der Waals surface area contributed by atoms with Gasteiger partial charge in [-0.25, -0.2) is 4.79 Å². The first kappa shape index (κ1) is 34.4. The molecule has 7 nitrogen and oxygen atoms in total. The Morgan fingerprint density at radius 3 is 1.22 bits per heavy atom. The van der Waals surface area contributed by atoms with E-state index in [-0.39, 0.29) is 25.9 Å². The topological polar surface area (TPSA) is 110 Å². The molecule has 2 aromatic rings. The number of halogens is 4. The van der Waals surface area contributed by atoms with E-state index in [1.807, 2.05) is 36.4 Å². The van der Waals surface area contributed by atoms with Crippen LogP contribution in [0, 0.1) is 5.41 Å². The third kappa shape index (κ3) is 9.44. The van der Waals surface area contributed by atoms with Gasteiger partial charge in [-0.3, -0.25) is 19.4 Å². The van der Waals surface area contributed by atoms with Crippen LogP contribution in [-0.4, -0.2) is 53.8 Å². The van der Waals surface area contributed by atoms with Crippen molar-refractivity contribution < 1.29 is 14.4 Å². The number of benzene rings is 2. The number of unbranched alkanes of at least 4 members (excludes halogenated alkanes) is 6. The molecule has 41 heavy (non-hydrogen) atoms. The molecule has 4 amide bonds. The van der Waals surface area contributed by atoms with Crippen molar-refractivity contribution in [3.8, 4) is 0 Å². The van der Waals surface area contributed by atoms with Crippen LogP contribution in [-0.2, 0) is 22.4 Å². The molecule has 0 atom stereocenters. The van der Waals surface area contributed by atoms with E-state index >= 15 is 0 Å². The Hall–Kier alpha value is -1.11. The SMILES string of the molecule is NCCCCCCN1C(=O)N(CCCCCCN)C(=O)C(Cc2cc(Br)cc(Br)c2)(Cc2cc(Br)cc(Br)c2)C1=O. The minimum Gasteiger partial charge on any atom is -0.330 e. The molecule has 0 saturated carbocycles. The van der Waals surface area contributed by atoms with Gasteiger partial charge >= 0.3 is 6.03 Å². The highest BCUT2D eigenvalue weighted by Gasteiger charge is 2.56. The van der Waals surface area contributed by atoms with Gasteiger partial charge in [0.05, 0.1) is 0 Å². The maximum atomic E-state index is 14.5. The summed E-state index contributed by atoms with van der Waals surface area (Å²) in [6.45, 7) is 1.76. The molecule has 3 rings (SSSR count). The summed E-state index contributed by atoms with van der Waals surface area (Å²) >= 11 is 14.2. The first-order valence-electron chi connectivity index (χ1n) is 14.1. The standard InChI is InChI=1S/C30H38Br4N4O3/c31-23-13-21(14-24(32)17-23)19-30(20-22-15-25(33)18-26(34)16-22)27(39)37(11-7-3-1-5-9-35)29(41)38(28(30)40)12-8-4-2-6-10-36/h13-18H,1-12,19-20,35-36H2. The van der Waals surface area contributed by atoms with Crippen LogP contribution >= 0.6 is 63.7 Å². The molecule has 224 valence electrons. The summed E-state index contributed by atoms with van der Waals surface area (Å²) in [6.07, 6.45) is 7.01. The lowest BCUT2D eigenvalue weighted by Gasteiger charge is -2.44. The molecule has 1 aliphatic heterocycles. The zero-order valence-electron chi connectivity index (χ0n) is 23.1. The molecule has 0 bridgehead atoms. The predicted molar refractivity (Wildman–Crippen MR) is 177 cm³/mol. The normalized spacial score (nSPS) is 15.2. The van der Waals surface area contributed by atoms with Gasteiger partial charge in [-0.2, -0.15) is 0 Å². The van der Waals surface area contributed by atoms with E-state index in [4.69, 9.17) is 11.5 Å². The second-order valence-electron chi connectivity index (χ2n) is 10.6. The van der Waals surface area contributed by atoms with Gasteiger partial charge in [-0.05, 0) is 99.1 Å². The zero-order valence-corrected chi connectivity index (χ0v) is 29.5. The van der Waals surface area contributed by atoms with Gasteiger partial charge in [-0.15, -0.1) is 0 Å². The Morgan fingerprint density at radius 1 is 0.537 bits per heavy atom. The van der Waals surface area contributed by atoms with Crippen LogP contribution in [0.15, 0.2) is 54.3 Å². The third-order valence-corrected chi connectivity index (χ3v) is 9.13. The van der Waals surface area contributed by atoms with Crippen LogP contribution in [0.5, 0.6) is 0 Å². The lowest BCUT2D eigenvalue weighted by molar-refractivity contribution is -0.159. The number of barbiturate groups is 1. The molecule has 0 aliphatic carbocycles. The Kier molecular flexibility index (Phi) is 14.0. The number of carbonyl (C=O) groups excluding carboxylic acids is 3. The number of amides is 4. The smallest absolute Gasteiger partial charge is 0.330 e. The number of carbonyl (C=O) groups is 3. The molecular formula is C30H38Br4N4O3. The van der Waals surface area contributed by atoms with Crippen LogP contribution in [0.2, 0.25) is 0 Å². The number of hydrogen-bond donors (Lipinski definition) is 2. The highest BCUT2D eigenvalue weighted by molar-refractivity contribution is 9.11. The number of nitrogens with two attached hydrogens (primary N) is 2. The van der Waals surface area contributed by atoms with Crippen molar-refractivity contribution in [2.45, 2.75) is 64.2 Å². The summed E-state index contributed by atoms with van der Waals surface area (Å²) in [6, 6.07) is 11.0. The van der Waals surface area contributed by atoms with Crippen molar-refractivity contribution in [2.75, 3.05) is 26.2 Å². The fourth-order valence-electron chi connectivity index (χ4n) is 5.35. The van der Waals surface area contributed by atoms with Gasteiger partial charge in [0.15, 0.2) is 0 Å². The van der Waals surface area contributed by atoms with Crippen molar-refractivity contribution in [1.29, 1.82) is 0 Å². The Labute approximate surface area is 276 Å². The Morgan fingerprint density at radius 2 is 0.878 bits per heavy atom. The zero-order chi connectivity index (χ0) is 30.0. The van der Waals surface area contributed by atoms with E-state index in [9.17, 15) is 14.4 Å². The molecule has 1 fully saturated rings. The highest BCUT2D eigenvalue weighted by Crippen LogP contribution is 2.39. The molecule has 4 N–H and O–H groups in total. The van der Waals surface area contributed by atoms with Crippen LogP contribution in [0.1, 0.15) is 62.5 Å². The largest absolute Gasteiger partial charge is 0.333 e. The lowest BCUT2D eigenvalue weighted by atomic mass is 9.72.